The van der Waals surface area contributed by atoms with E-state index in [0.717, 1.165) is 5.56 Å². The molecule has 0 fully saturated rings. The van der Waals surface area contributed by atoms with Gasteiger partial charge in [0, 0.05) is 17.8 Å². The number of nitrogens with zero attached hydrogens (tertiary/aromatic N) is 3. The molecule has 10 heteroatoms. The lowest BCUT2D eigenvalue weighted by Gasteiger charge is -2.15. The molecular weight excluding hydrogens is 445 g/mol. The van der Waals surface area contributed by atoms with E-state index in [-0.39, 0.29) is 17.6 Å². The van der Waals surface area contributed by atoms with E-state index in [2.05, 4.69) is 20.8 Å². The number of hydrogen-bond donors (Lipinski definition) is 2. The van der Waals surface area contributed by atoms with E-state index < -0.39 is 11.9 Å². The van der Waals surface area contributed by atoms with Crippen molar-refractivity contribution >= 4 is 29.3 Å². The first kappa shape index (κ1) is 24.2. The van der Waals surface area contributed by atoms with Gasteiger partial charge in [0.1, 0.15) is 11.6 Å². The number of benzene rings is 2. The summed E-state index contributed by atoms with van der Waals surface area (Å²) in [6.45, 7) is 6.12. The molecule has 0 unspecified atom stereocenters. The van der Waals surface area contributed by atoms with Crippen molar-refractivity contribution in [3.05, 3.63) is 65.2 Å². The minimum absolute atomic E-state index is 0.0840. The van der Waals surface area contributed by atoms with E-state index in [1.165, 1.54) is 23.9 Å². The molecule has 0 saturated heterocycles. The van der Waals surface area contributed by atoms with Gasteiger partial charge in [0.05, 0.1) is 18.9 Å². The molecule has 0 aliphatic carbocycles. The van der Waals surface area contributed by atoms with Crippen molar-refractivity contribution in [2.24, 2.45) is 0 Å². The number of carbonyl (C=O) groups excluding carboxylic acids is 2. The Morgan fingerprint density at radius 2 is 1.91 bits per heavy atom. The quantitative estimate of drug-likeness (QED) is 0.458. The number of anilines is 1. The van der Waals surface area contributed by atoms with Gasteiger partial charge in [0.15, 0.2) is 11.0 Å². The fourth-order valence-electron chi connectivity index (χ4n) is 3.16. The Kier molecular flexibility index (Phi) is 8.05. The first-order valence-corrected chi connectivity index (χ1v) is 11.4. The third-order valence-corrected chi connectivity index (χ3v) is 5.92. The lowest BCUT2D eigenvalue weighted by Crippen LogP contribution is -2.28. The molecular formula is C23H26FN5O3S. The molecule has 3 rings (SSSR count). The molecule has 2 N–H and O–H groups in total. The molecule has 8 nitrogen and oxygen atoms in total. The summed E-state index contributed by atoms with van der Waals surface area (Å²) in [4.78, 5) is 24.9. The maximum atomic E-state index is 13.4. The Labute approximate surface area is 195 Å². The van der Waals surface area contributed by atoms with E-state index in [1.54, 1.807) is 44.4 Å². The highest BCUT2D eigenvalue weighted by Crippen LogP contribution is 2.22. The average molecular weight is 472 g/mol. The first-order chi connectivity index (χ1) is 15.8. The highest BCUT2D eigenvalue weighted by molar-refractivity contribution is 7.99. The minimum Gasteiger partial charge on any atom is -0.497 e. The molecule has 1 aromatic heterocycles. The fraction of sp³-hybridized carbons (Fsp3) is 0.304. The van der Waals surface area contributed by atoms with Gasteiger partial charge in [0.2, 0.25) is 5.91 Å². The van der Waals surface area contributed by atoms with Crippen molar-refractivity contribution in [1.29, 1.82) is 0 Å². The molecule has 174 valence electrons. The molecule has 0 spiro atoms. The highest BCUT2D eigenvalue weighted by atomic mass is 32.2. The maximum Gasteiger partial charge on any atom is 0.251 e. The maximum absolute atomic E-state index is 13.4. The second kappa shape index (κ2) is 11.0. The van der Waals surface area contributed by atoms with Gasteiger partial charge < -0.3 is 19.9 Å². The summed E-state index contributed by atoms with van der Waals surface area (Å²) in [5, 5.41) is 14.6. The van der Waals surface area contributed by atoms with Gasteiger partial charge in [-0.25, -0.2) is 4.39 Å². The topological polar surface area (TPSA) is 98.1 Å². The molecule has 2 amide bonds. The second-order valence-electron chi connectivity index (χ2n) is 7.30. The van der Waals surface area contributed by atoms with E-state index in [1.807, 2.05) is 18.4 Å². The van der Waals surface area contributed by atoms with Gasteiger partial charge in [0.25, 0.3) is 5.91 Å². The number of thioether (sulfide) groups is 1. The Balaban J connectivity index is 1.63. The molecule has 1 atom stereocenters. The summed E-state index contributed by atoms with van der Waals surface area (Å²) < 4.78 is 20.4. The molecule has 0 radical (unpaired) electrons. The zero-order valence-electron chi connectivity index (χ0n) is 18.9. The van der Waals surface area contributed by atoms with Crippen molar-refractivity contribution in [2.45, 2.75) is 38.5 Å². The van der Waals surface area contributed by atoms with E-state index >= 15 is 0 Å². The van der Waals surface area contributed by atoms with E-state index in [9.17, 15) is 14.0 Å². The standard InChI is InChI=1S/C23H26FN5O3S/c1-5-29-21(15(3)25-22(31)16-7-10-18(32-4)11-8-16)27-28-23(29)33-13-20(30)26-19-12-17(24)9-6-14(19)2/h6-12,15H,5,13H2,1-4H3,(H,25,31)(H,26,30)/t15-/m1/s1. The van der Waals surface area contributed by atoms with Crippen LogP contribution in [0.3, 0.4) is 0 Å². The van der Waals surface area contributed by atoms with Crippen LogP contribution in [-0.4, -0.2) is 39.4 Å². The van der Waals surface area contributed by atoms with Crippen LogP contribution in [0, 0.1) is 12.7 Å². The molecule has 0 saturated carbocycles. The summed E-state index contributed by atoms with van der Waals surface area (Å²) in [6, 6.07) is 10.7. The third-order valence-electron chi connectivity index (χ3n) is 4.95. The fourth-order valence-corrected chi connectivity index (χ4v) is 3.97. The third kappa shape index (κ3) is 6.10. The largest absolute Gasteiger partial charge is 0.497 e. The van der Waals surface area contributed by atoms with Crippen LogP contribution in [0.2, 0.25) is 0 Å². The number of methoxy groups -OCH3 is 1. The number of amides is 2. The number of hydrogen-bond acceptors (Lipinski definition) is 6. The van der Waals surface area contributed by atoms with Gasteiger partial charge in [-0.3, -0.25) is 9.59 Å². The van der Waals surface area contributed by atoms with Crippen LogP contribution < -0.4 is 15.4 Å². The number of aryl methyl sites for hydroxylation is 1. The van der Waals surface area contributed by atoms with Gasteiger partial charge in [-0.15, -0.1) is 10.2 Å². The van der Waals surface area contributed by atoms with Gasteiger partial charge in [-0.05, 0) is 62.7 Å². The van der Waals surface area contributed by atoms with Gasteiger partial charge >= 0.3 is 0 Å². The van der Waals surface area contributed by atoms with Crippen molar-refractivity contribution in [2.75, 3.05) is 18.2 Å². The normalized spacial score (nSPS) is 11.7. The number of halogens is 1. The van der Waals surface area contributed by atoms with Crippen LogP contribution in [0.25, 0.3) is 0 Å². The number of ether oxygens (including phenoxy) is 1. The molecule has 2 aromatic carbocycles. The van der Waals surface area contributed by atoms with Crippen molar-refractivity contribution in [3.8, 4) is 5.75 Å². The number of carbonyl (C=O) groups is 2. The predicted molar refractivity (Wildman–Crippen MR) is 125 cm³/mol. The van der Waals surface area contributed by atoms with Crippen LogP contribution in [0.5, 0.6) is 5.75 Å². The van der Waals surface area contributed by atoms with Crippen LogP contribution in [0.4, 0.5) is 10.1 Å². The molecule has 0 bridgehead atoms. The lowest BCUT2D eigenvalue weighted by molar-refractivity contribution is -0.113. The smallest absolute Gasteiger partial charge is 0.251 e. The number of rotatable bonds is 9. The minimum atomic E-state index is -0.412. The Morgan fingerprint density at radius 3 is 2.58 bits per heavy atom. The molecule has 0 aliphatic rings. The number of nitrogens with one attached hydrogen (secondary N) is 2. The van der Waals surface area contributed by atoms with E-state index in [0.29, 0.717) is 34.5 Å². The summed E-state index contributed by atoms with van der Waals surface area (Å²) in [5.41, 5.74) is 1.72. The molecule has 1 heterocycles. The zero-order valence-corrected chi connectivity index (χ0v) is 19.7. The molecule has 0 aliphatic heterocycles. The summed E-state index contributed by atoms with van der Waals surface area (Å²) in [7, 11) is 1.57. The Hall–Kier alpha value is -3.40. The zero-order chi connectivity index (χ0) is 24.0. The predicted octanol–water partition coefficient (Wildman–Crippen LogP) is 3.98. The average Bonchev–Trinajstić information content (AvgIpc) is 3.23. The summed E-state index contributed by atoms with van der Waals surface area (Å²) in [6.07, 6.45) is 0. The first-order valence-electron chi connectivity index (χ1n) is 10.4. The second-order valence-corrected chi connectivity index (χ2v) is 8.25. The molecule has 3 aromatic rings. The van der Waals surface area contributed by atoms with Crippen LogP contribution >= 0.6 is 11.8 Å². The van der Waals surface area contributed by atoms with Gasteiger partial charge in [-0.2, -0.15) is 0 Å². The van der Waals surface area contributed by atoms with Crippen LogP contribution in [0.15, 0.2) is 47.6 Å². The highest BCUT2D eigenvalue weighted by Gasteiger charge is 2.20. The van der Waals surface area contributed by atoms with Gasteiger partial charge in [-0.1, -0.05) is 17.8 Å². The summed E-state index contributed by atoms with van der Waals surface area (Å²) >= 11 is 1.22. The van der Waals surface area contributed by atoms with Crippen molar-refractivity contribution < 1.29 is 18.7 Å². The lowest BCUT2D eigenvalue weighted by atomic mass is 10.2. The monoisotopic (exact) mass is 471 g/mol. The summed E-state index contributed by atoms with van der Waals surface area (Å²) in [5.74, 6) is 0.411. The van der Waals surface area contributed by atoms with Crippen molar-refractivity contribution in [1.82, 2.24) is 20.1 Å². The number of aromatic nitrogens is 3. The Bertz CT molecular complexity index is 1130. The Morgan fingerprint density at radius 1 is 1.18 bits per heavy atom. The SMILES string of the molecule is CCn1c(SCC(=O)Nc2cc(F)ccc2C)nnc1[C@@H](C)NC(=O)c1ccc(OC)cc1. The van der Waals surface area contributed by atoms with E-state index in [4.69, 9.17) is 4.74 Å². The van der Waals surface area contributed by atoms with Crippen LogP contribution in [0.1, 0.15) is 41.6 Å². The molecule has 33 heavy (non-hydrogen) atoms. The van der Waals surface area contributed by atoms with Crippen molar-refractivity contribution in [3.63, 3.8) is 0 Å². The van der Waals surface area contributed by atoms with Crippen LogP contribution in [-0.2, 0) is 11.3 Å².